The van der Waals surface area contributed by atoms with Gasteiger partial charge >= 0.3 is 5.97 Å². The molecule has 0 saturated heterocycles. The molecule has 0 bridgehead atoms. The maximum Gasteiger partial charge on any atom is 0.320 e. The SMILES string of the molecule is Cc1ccc(Cl)c(CC(N)C(=O)O)c1C. The molecule has 0 aliphatic rings. The molecular weight excluding hydrogens is 214 g/mol. The second kappa shape index (κ2) is 4.64. The van der Waals surface area contributed by atoms with Crippen molar-refractivity contribution in [3.8, 4) is 0 Å². The number of aryl methyl sites for hydroxylation is 1. The molecule has 0 aliphatic heterocycles. The molecule has 1 atom stereocenters. The highest BCUT2D eigenvalue weighted by molar-refractivity contribution is 6.31. The number of carbonyl (C=O) groups is 1. The summed E-state index contributed by atoms with van der Waals surface area (Å²) in [6.07, 6.45) is 0.266. The van der Waals surface area contributed by atoms with Crippen LogP contribution in [-0.2, 0) is 11.2 Å². The molecule has 15 heavy (non-hydrogen) atoms. The fraction of sp³-hybridized carbons (Fsp3) is 0.364. The third kappa shape index (κ3) is 2.70. The Morgan fingerprint density at radius 3 is 2.67 bits per heavy atom. The van der Waals surface area contributed by atoms with Crippen LogP contribution < -0.4 is 5.73 Å². The van der Waals surface area contributed by atoms with Crippen molar-refractivity contribution < 1.29 is 9.90 Å². The molecule has 3 nitrogen and oxygen atoms in total. The highest BCUT2D eigenvalue weighted by atomic mass is 35.5. The number of nitrogens with two attached hydrogens (primary N) is 1. The summed E-state index contributed by atoms with van der Waals surface area (Å²) < 4.78 is 0. The average Bonchev–Trinajstić information content (AvgIpc) is 2.18. The van der Waals surface area contributed by atoms with Crippen molar-refractivity contribution in [2.24, 2.45) is 5.73 Å². The van der Waals surface area contributed by atoms with E-state index in [1.807, 2.05) is 19.9 Å². The zero-order chi connectivity index (χ0) is 11.6. The van der Waals surface area contributed by atoms with E-state index in [9.17, 15) is 4.79 Å². The summed E-state index contributed by atoms with van der Waals surface area (Å²) in [4.78, 5) is 10.6. The number of aliphatic carboxylic acids is 1. The third-order valence-electron chi connectivity index (χ3n) is 2.55. The van der Waals surface area contributed by atoms with Crippen molar-refractivity contribution in [3.63, 3.8) is 0 Å². The summed E-state index contributed by atoms with van der Waals surface area (Å²) in [5.74, 6) is -1.01. The number of benzene rings is 1. The van der Waals surface area contributed by atoms with Crippen LogP contribution in [0.15, 0.2) is 12.1 Å². The lowest BCUT2D eigenvalue weighted by molar-refractivity contribution is -0.138. The Labute approximate surface area is 93.9 Å². The van der Waals surface area contributed by atoms with Crippen LogP contribution in [0, 0.1) is 13.8 Å². The van der Waals surface area contributed by atoms with Crippen molar-refractivity contribution in [2.45, 2.75) is 26.3 Å². The normalized spacial score (nSPS) is 12.5. The third-order valence-corrected chi connectivity index (χ3v) is 2.91. The largest absolute Gasteiger partial charge is 0.480 e. The number of carboxylic acids is 1. The molecule has 0 aliphatic carbocycles. The molecule has 82 valence electrons. The summed E-state index contributed by atoms with van der Waals surface area (Å²) in [6, 6.07) is 2.78. The number of rotatable bonds is 3. The maximum atomic E-state index is 10.6. The number of hydrogen-bond acceptors (Lipinski definition) is 2. The van der Waals surface area contributed by atoms with Gasteiger partial charge in [-0.1, -0.05) is 17.7 Å². The summed E-state index contributed by atoms with van der Waals surface area (Å²) in [5, 5.41) is 9.30. The quantitative estimate of drug-likeness (QED) is 0.829. The minimum absolute atomic E-state index is 0.266. The van der Waals surface area contributed by atoms with Gasteiger partial charge in [0, 0.05) is 5.02 Å². The Bertz CT molecular complexity index is 390. The van der Waals surface area contributed by atoms with E-state index in [0.717, 1.165) is 16.7 Å². The fourth-order valence-corrected chi connectivity index (χ4v) is 1.68. The van der Waals surface area contributed by atoms with E-state index in [1.54, 1.807) is 6.07 Å². The smallest absolute Gasteiger partial charge is 0.320 e. The van der Waals surface area contributed by atoms with Gasteiger partial charge in [-0.2, -0.15) is 0 Å². The van der Waals surface area contributed by atoms with Crippen molar-refractivity contribution in [2.75, 3.05) is 0 Å². The first-order valence-corrected chi connectivity index (χ1v) is 5.04. The van der Waals surface area contributed by atoms with Gasteiger partial charge in [0.1, 0.15) is 6.04 Å². The lowest BCUT2D eigenvalue weighted by atomic mass is 9.98. The molecule has 1 rings (SSSR count). The first-order chi connectivity index (χ1) is 6.93. The molecule has 1 unspecified atom stereocenters. The van der Waals surface area contributed by atoms with Crippen LogP contribution in [0.2, 0.25) is 5.02 Å². The minimum atomic E-state index is -1.01. The van der Waals surface area contributed by atoms with Crippen molar-refractivity contribution >= 4 is 17.6 Å². The number of halogens is 1. The highest BCUT2D eigenvalue weighted by Crippen LogP contribution is 2.23. The minimum Gasteiger partial charge on any atom is -0.480 e. The van der Waals surface area contributed by atoms with Gasteiger partial charge in [-0.05, 0) is 43.0 Å². The average molecular weight is 228 g/mol. The van der Waals surface area contributed by atoms with Gasteiger partial charge in [-0.3, -0.25) is 4.79 Å². The molecule has 3 N–H and O–H groups in total. The van der Waals surface area contributed by atoms with Gasteiger partial charge < -0.3 is 10.8 Å². The van der Waals surface area contributed by atoms with Gasteiger partial charge in [0.2, 0.25) is 0 Å². The van der Waals surface area contributed by atoms with Crippen molar-refractivity contribution in [1.29, 1.82) is 0 Å². The maximum absolute atomic E-state index is 10.6. The molecule has 0 heterocycles. The predicted octanol–water partition coefficient (Wildman–Crippen LogP) is 1.91. The Balaban J connectivity index is 3.03. The first kappa shape index (κ1) is 12.0. The van der Waals surface area contributed by atoms with E-state index in [2.05, 4.69) is 0 Å². The van der Waals surface area contributed by atoms with Crippen LogP contribution in [0.1, 0.15) is 16.7 Å². The highest BCUT2D eigenvalue weighted by Gasteiger charge is 2.16. The molecule has 0 radical (unpaired) electrons. The monoisotopic (exact) mass is 227 g/mol. The van der Waals surface area contributed by atoms with Crippen LogP contribution in [0.3, 0.4) is 0 Å². The molecule has 4 heteroatoms. The van der Waals surface area contributed by atoms with Crippen LogP contribution in [0.4, 0.5) is 0 Å². The Morgan fingerprint density at radius 1 is 1.53 bits per heavy atom. The summed E-state index contributed by atoms with van der Waals surface area (Å²) in [5.41, 5.74) is 8.41. The van der Waals surface area contributed by atoms with E-state index < -0.39 is 12.0 Å². The van der Waals surface area contributed by atoms with E-state index in [1.165, 1.54) is 0 Å². The van der Waals surface area contributed by atoms with Crippen LogP contribution in [-0.4, -0.2) is 17.1 Å². The zero-order valence-corrected chi connectivity index (χ0v) is 9.51. The molecule has 1 aromatic carbocycles. The molecule has 0 amide bonds. The van der Waals surface area contributed by atoms with Crippen molar-refractivity contribution in [3.05, 3.63) is 33.8 Å². The van der Waals surface area contributed by atoms with Crippen LogP contribution in [0.5, 0.6) is 0 Å². The standard InChI is InChI=1S/C11H14ClNO2/c1-6-3-4-9(12)8(7(6)2)5-10(13)11(14)15/h3-4,10H,5,13H2,1-2H3,(H,14,15). The molecule has 0 saturated carbocycles. The number of carboxylic acid groups (broad SMARTS) is 1. The van der Waals surface area contributed by atoms with Crippen LogP contribution in [0.25, 0.3) is 0 Å². The topological polar surface area (TPSA) is 63.3 Å². The molecule has 0 aromatic heterocycles. The molecular formula is C11H14ClNO2. The first-order valence-electron chi connectivity index (χ1n) is 4.66. The predicted molar refractivity (Wildman–Crippen MR) is 60.2 cm³/mol. The van der Waals surface area contributed by atoms with Crippen molar-refractivity contribution in [1.82, 2.24) is 0 Å². The molecule has 0 fully saturated rings. The van der Waals surface area contributed by atoms with Gasteiger partial charge in [0.25, 0.3) is 0 Å². The lowest BCUT2D eigenvalue weighted by Crippen LogP contribution is -2.32. The second-order valence-corrected chi connectivity index (χ2v) is 4.02. The summed E-state index contributed by atoms with van der Waals surface area (Å²) >= 11 is 6.00. The van der Waals surface area contributed by atoms with E-state index in [0.29, 0.717) is 5.02 Å². The summed E-state index contributed by atoms with van der Waals surface area (Å²) in [6.45, 7) is 3.88. The number of hydrogen-bond donors (Lipinski definition) is 2. The molecule has 1 aromatic rings. The van der Waals surface area contributed by atoms with E-state index in [-0.39, 0.29) is 6.42 Å². The Hall–Kier alpha value is -1.06. The van der Waals surface area contributed by atoms with E-state index in [4.69, 9.17) is 22.4 Å². The fourth-order valence-electron chi connectivity index (χ4n) is 1.40. The van der Waals surface area contributed by atoms with E-state index >= 15 is 0 Å². The van der Waals surface area contributed by atoms with Gasteiger partial charge in [-0.15, -0.1) is 0 Å². The van der Waals surface area contributed by atoms with Crippen LogP contribution >= 0.6 is 11.6 Å². The Kier molecular flexibility index (Phi) is 3.72. The second-order valence-electron chi connectivity index (χ2n) is 3.62. The molecule has 0 spiro atoms. The van der Waals surface area contributed by atoms with Gasteiger partial charge in [0.15, 0.2) is 0 Å². The lowest BCUT2D eigenvalue weighted by Gasteiger charge is -2.13. The van der Waals surface area contributed by atoms with Gasteiger partial charge in [-0.25, -0.2) is 0 Å². The zero-order valence-electron chi connectivity index (χ0n) is 8.75. The van der Waals surface area contributed by atoms with Gasteiger partial charge in [0.05, 0.1) is 0 Å². The summed E-state index contributed by atoms with van der Waals surface area (Å²) in [7, 11) is 0. The Morgan fingerprint density at radius 2 is 2.13 bits per heavy atom.